The molecule has 0 radical (unpaired) electrons. The molecule has 0 heterocycles. The first-order chi connectivity index (χ1) is 11.7. The maximum Gasteiger partial charge on any atom is 0.319 e. The Hall–Kier alpha value is -2.77. The van der Waals surface area contributed by atoms with Crippen LogP contribution in [-0.2, 0) is 11.3 Å². The smallest absolute Gasteiger partial charge is 0.319 e. The molecule has 0 aliphatic carbocycles. The Morgan fingerprint density at radius 3 is 2.24 bits per heavy atom. The Morgan fingerprint density at radius 1 is 1.12 bits per heavy atom. The monoisotopic (exact) mass is 350 g/mol. The Morgan fingerprint density at radius 2 is 1.72 bits per heavy atom. The second-order valence-electron chi connectivity index (χ2n) is 6.23. The molecular formula is C17H26N4O4. The van der Waals surface area contributed by atoms with Crippen molar-refractivity contribution >= 4 is 23.7 Å². The van der Waals surface area contributed by atoms with Gasteiger partial charge in [0, 0.05) is 31.9 Å². The van der Waals surface area contributed by atoms with E-state index in [0.29, 0.717) is 12.2 Å². The van der Waals surface area contributed by atoms with Gasteiger partial charge in [-0.3, -0.25) is 4.79 Å². The highest BCUT2D eigenvalue weighted by Crippen LogP contribution is 2.09. The molecule has 4 amide bonds. The largest absolute Gasteiger partial charge is 0.481 e. The second kappa shape index (κ2) is 9.51. The molecule has 0 saturated carbocycles. The van der Waals surface area contributed by atoms with E-state index in [-0.39, 0.29) is 24.6 Å². The molecule has 138 valence electrons. The number of carboxylic acid groups (broad SMARTS) is 1. The highest BCUT2D eigenvalue weighted by Gasteiger charge is 2.17. The Kier molecular flexibility index (Phi) is 7.71. The van der Waals surface area contributed by atoms with Crippen LogP contribution in [0.15, 0.2) is 24.3 Å². The lowest BCUT2D eigenvalue weighted by Crippen LogP contribution is -2.40. The van der Waals surface area contributed by atoms with Gasteiger partial charge in [-0.1, -0.05) is 19.1 Å². The molecule has 1 rings (SSSR count). The van der Waals surface area contributed by atoms with Gasteiger partial charge in [0.1, 0.15) is 0 Å². The van der Waals surface area contributed by atoms with Gasteiger partial charge >= 0.3 is 18.0 Å². The molecule has 0 aliphatic rings. The normalized spacial score (nSPS) is 11.6. The van der Waals surface area contributed by atoms with Crippen LogP contribution < -0.4 is 16.0 Å². The minimum atomic E-state index is -0.941. The average molecular weight is 350 g/mol. The molecule has 1 unspecified atom stereocenters. The van der Waals surface area contributed by atoms with Gasteiger partial charge in [-0.2, -0.15) is 0 Å². The predicted molar refractivity (Wildman–Crippen MR) is 95.4 cm³/mol. The van der Waals surface area contributed by atoms with Crippen molar-refractivity contribution in [3.8, 4) is 0 Å². The van der Waals surface area contributed by atoms with Crippen LogP contribution in [0, 0.1) is 5.92 Å². The van der Waals surface area contributed by atoms with Crippen LogP contribution in [0.2, 0.25) is 0 Å². The van der Waals surface area contributed by atoms with Gasteiger partial charge in [0.15, 0.2) is 0 Å². The number of amides is 4. The van der Waals surface area contributed by atoms with Crippen LogP contribution >= 0.6 is 0 Å². The average Bonchev–Trinajstić information content (AvgIpc) is 2.52. The maximum absolute atomic E-state index is 11.9. The van der Waals surface area contributed by atoms with Crippen molar-refractivity contribution < 1.29 is 19.5 Å². The molecule has 1 atom stereocenters. The molecule has 0 spiro atoms. The minimum Gasteiger partial charge on any atom is -0.481 e. The number of hydrogen-bond donors (Lipinski definition) is 4. The highest BCUT2D eigenvalue weighted by molar-refractivity contribution is 5.89. The van der Waals surface area contributed by atoms with Gasteiger partial charge in [-0.25, -0.2) is 9.59 Å². The van der Waals surface area contributed by atoms with Crippen LogP contribution in [0.4, 0.5) is 15.3 Å². The van der Waals surface area contributed by atoms with Crippen molar-refractivity contribution in [3.63, 3.8) is 0 Å². The number of nitrogens with one attached hydrogen (secondary N) is 3. The SMILES string of the molecule is CC(C)NC(=O)Nc1ccc(CNC(=O)N(C)CC(C)C(=O)O)cc1. The van der Waals surface area contributed by atoms with E-state index in [2.05, 4.69) is 16.0 Å². The van der Waals surface area contributed by atoms with Crippen molar-refractivity contribution in [1.82, 2.24) is 15.5 Å². The summed E-state index contributed by atoms with van der Waals surface area (Å²) in [4.78, 5) is 35.7. The van der Waals surface area contributed by atoms with Gasteiger partial charge < -0.3 is 26.0 Å². The van der Waals surface area contributed by atoms with Crippen molar-refractivity contribution in [3.05, 3.63) is 29.8 Å². The molecule has 1 aromatic rings. The Balaban J connectivity index is 2.46. The van der Waals surface area contributed by atoms with Crippen LogP contribution in [0.25, 0.3) is 0 Å². The number of anilines is 1. The van der Waals surface area contributed by atoms with Crippen molar-refractivity contribution in [2.45, 2.75) is 33.4 Å². The molecule has 0 saturated heterocycles. The standard InChI is InChI=1S/C17H26N4O4/c1-11(2)19-16(24)20-14-7-5-13(6-8-14)9-18-17(25)21(4)10-12(3)15(22)23/h5-8,11-12H,9-10H2,1-4H3,(H,18,25)(H,22,23)(H2,19,20,24). The molecule has 0 aliphatic heterocycles. The van der Waals surface area contributed by atoms with Gasteiger partial charge in [-0.15, -0.1) is 0 Å². The number of urea groups is 2. The van der Waals surface area contributed by atoms with Crippen molar-refractivity contribution in [1.29, 1.82) is 0 Å². The Bertz CT molecular complexity index is 601. The maximum atomic E-state index is 11.9. The number of carboxylic acids is 1. The van der Waals surface area contributed by atoms with E-state index < -0.39 is 11.9 Å². The van der Waals surface area contributed by atoms with Crippen LogP contribution in [-0.4, -0.2) is 47.7 Å². The van der Waals surface area contributed by atoms with Crippen molar-refractivity contribution in [2.24, 2.45) is 5.92 Å². The molecule has 1 aromatic carbocycles. The van der Waals surface area contributed by atoms with E-state index in [4.69, 9.17) is 5.11 Å². The van der Waals surface area contributed by atoms with E-state index >= 15 is 0 Å². The Labute approximate surface area is 147 Å². The number of benzene rings is 1. The number of aliphatic carboxylic acids is 1. The van der Waals surface area contributed by atoms with Gasteiger partial charge in [-0.05, 0) is 31.5 Å². The number of nitrogens with zero attached hydrogens (tertiary/aromatic N) is 1. The van der Waals surface area contributed by atoms with E-state index in [9.17, 15) is 14.4 Å². The minimum absolute atomic E-state index is 0.0512. The topological polar surface area (TPSA) is 111 Å². The van der Waals surface area contributed by atoms with E-state index in [0.717, 1.165) is 5.56 Å². The third kappa shape index (κ3) is 7.56. The van der Waals surface area contributed by atoms with Crippen LogP contribution in [0.1, 0.15) is 26.3 Å². The molecule has 8 nitrogen and oxygen atoms in total. The second-order valence-corrected chi connectivity index (χ2v) is 6.23. The number of hydrogen-bond acceptors (Lipinski definition) is 3. The fraction of sp³-hybridized carbons (Fsp3) is 0.471. The summed E-state index contributed by atoms with van der Waals surface area (Å²) in [6.07, 6.45) is 0. The zero-order valence-electron chi connectivity index (χ0n) is 15.0. The van der Waals surface area contributed by atoms with Gasteiger partial charge in [0.2, 0.25) is 0 Å². The third-order valence-electron chi connectivity index (χ3n) is 3.39. The lowest BCUT2D eigenvalue weighted by molar-refractivity contribution is -0.141. The van der Waals surface area contributed by atoms with Crippen molar-refractivity contribution in [2.75, 3.05) is 18.9 Å². The summed E-state index contributed by atoms with van der Waals surface area (Å²) < 4.78 is 0. The summed E-state index contributed by atoms with van der Waals surface area (Å²) >= 11 is 0. The fourth-order valence-electron chi connectivity index (χ4n) is 2.02. The molecule has 0 aromatic heterocycles. The molecule has 4 N–H and O–H groups in total. The molecule has 0 bridgehead atoms. The first-order valence-electron chi connectivity index (χ1n) is 8.07. The molecule has 0 fully saturated rings. The highest BCUT2D eigenvalue weighted by atomic mass is 16.4. The summed E-state index contributed by atoms with van der Waals surface area (Å²) in [6.45, 7) is 5.74. The predicted octanol–water partition coefficient (Wildman–Crippen LogP) is 2.08. The molecular weight excluding hydrogens is 324 g/mol. The van der Waals surface area contributed by atoms with E-state index in [1.165, 1.54) is 4.90 Å². The number of rotatable bonds is 7. The quantitative estimate of drug-likeness (QED) is 0.603. The van der Waals surface area contributed by atoms with E-state index in [1.54, 1.807) is 38.2 Å². The first kappa shape index (κ1) is 20.3. The summed E-state index contributed by atoms with van der Waals surface area (Å²) in [7, 11) is 1.55. The van der Waals surface area contributed by atoms with Crippen LogP contribution in [0.5, 0.6) is 0 Å². The summed E-state index contributed by atoms with van der Waals surface area (Å²) in [5.41, 5.74) is 1.52. The zero-order chi connectivity index (χ0) is 19.0. The molecule has 8 heteroatoms. The van der Waals surface area contributed by atoms with Crippen LogP contribution in [0.3, 0.4) is 0 Å². The summed E-state index contributed by atoms with van der Waals surface area (Å²) in [5, 5.41) is 17.0. The number of carbonyl (C=O) groups excluding carboxylic acids is 2. The summed E-state index contributed by atoms with van der Waals surface area (Å²) in [5.74, 6) is -1.57. The number of carbonyl (C=O) groups is 3. The first-order valence-corrected chi connectivity index (χ1v) is 8.07. The zero-order valence-corrected chi connectivity index (χ0v) is 15.0. The summed E-state index contributed by atoms with van der Waals surface area (Å²) in [6, 6.07) is 6.53. The molecule has 25 heavy (non-hydrogen) atoms. The van der Waals surface area contributed by atoms with Gasteiger partial charge in [0.05, 0.1) is 5.92 Å². The lowest BCUT2D eigenvalue weighted by atomic mass is 10.2. The fourth-order valence-corrected chi connectivity index (χ4v) is 2.02. The van der Waals surface area contributed by atoms with E-state index in [1.807, 2.05) is 13.8 Å². The lowest BCUT2D eigenvalue weighted by Gasteiger charge is -2.20. The van der Waals surface area contributed by atoms with Gasteiger partial charge in [0.25, 0.3) is 0 Å². The third-order valence-corrected chi connectivity index (χ3v) is 3.39.